The van der Waals surface area contributed by atoms with Crippen molar-refractivity contribution in [1.29, 1.82) is 0 Å². The van der Waals surface area contributed by atoms with E-state index in [-0.39, 0.29) is 18.3 Å². The van der Waals surface area contributed by atoms with Gasteiger partial charge in [0.1, 0.15) is 11.3 Å². The summed E-state index contributed by atoms with van der Waals surface area (Å²) in [6, 6.07) is 19.6. The van der Waals surface area contributed by atoms with Gasteiger partial charge in [-0.3, -0.25) is 9.59 Å². The van der Waals surface area contributed by atoms with E-state index in [9.17, 15) is 14.7 Å². The second-order valence-electron chi connectivity index (χ2n) is 10.9. The first-order valence-electron chi connectivity index (χ1n) is 14.4. The van der Waals surface area contributed by atoms with Gasteiger partial charge in [0, 0.05) is 59.9 Å². The molecule has 1 fully saturated rings. The van der Waals surface area contributed by atoms with Crippen LogP contribution in [0, 0.1) is 12.3 Å². The number of anilines is 1. The molecule has 7 heteroatoms. The topological polar surface area (TPSA) is 92.0 Å². The minimum atomic E-state index is -0.410. The summed E-state index contributed by atoms with van der Waals surface area (Å²) >= 11 is 0. The maximum Gasteiger partial charge on any atom is 0.251 e. The maximum atomic E-state index is 13.3. The Balaban J connectivity index is 1.62. The van der Waals surface area contributed by atoms with E-state index in [1.54, 1.807) is 6.07 Å². The Morgan fingerprint density at radius 1 is 0.976 bits per heavy atom. The van der Waals surface area contributed by atoms with E-state index < -0.39 is 5.41 Å². The molecule has 2 heterocycles. The number of carbonyl (C=O) groups is 2. The van der Waals surface area contributed by atoms with Crippen molar-refractivity contribution in [3.05, 3.63) is 77.4 Å². The first-order chi connectivity index (χ1) is 19.8. The molecule has 214 valence electrons. The van der Waals surface area contributed by atoms with Gasteiger partial charge in [-0.1, -0.05) is 48.9 Å². The van der Waals surface area contributed by atoms with Gasteiger partial charge in [-0.15, -0.1) is 0 Å². The van der Waals surface area contributed by atoms with E-state index in [2.05, 4.69) is 24.1 Å². The second kappa shape index (κ2) is 11.9. The summed E-state index contributed by atoms with van der Waals surface area (Å²) in [5.74, 6) is 0.399. The molecule has 0 bridgehead atoms. The second-order valence-corrected chi connectivity index (χ2v) is 10.9. The number of hydrogen-bond donors (Lipinski definition) is 2. The van der Waals surface area contributed by atoms with Gasteiger partial charge in [-0.05, 0) is 44.5 Å². The average molecular weight is 555 g/mol. The van der Waals surface area contributed by atoms with Crippen LogP contribution in [0.4, 0.5) is 5.69 Å². The molecule has 1 aliphatic rings. The van der Waals surface area contributed by atoms with Crippen molar-refractivity contribution in [2.75, 3.05) is 44.4 Å². The zero-order chi connectivity index (χ0) is 29.1. The van der Waals surface area contributed by atoms with Crippen LogP contribution in [-0.2, 0) is 4.74 Å². The number of aryl methyl sites for hydroxylation is 1. The van der Waals surface area contributed by atoms with Gasteiger partial charge in [-0.25, -0.2) is 0 Å². The lowest BCUT2D eigenvalue weighted by molar-refractivity contribution is -0.133. The first kappa shape index (κ1) is 28.6. The average Bonchev–Trinajstić information content (AvgIpc) is 3.35. The number of ether oxygens (including phenoxy) is 1. The van der Waals surface area contributed by atoms with Gasteiger partial charge in [0.05, 0.1) is 30.8 Å². The molecule has 1 aliphatic heterocycles. The summed E-state index contributed by atoms with van der Waals surface area (Å²) in [7, 11) is 0. The lowest BCUT2D eigenvalue weighted by atomic mass is 9.87. The van der Waals surface area contributed by atoms with E-state index in [0.717, 1.165) is 46.4 Å². The molecule has 2 N–H and O–H groups in total. The Bertz CT molecular complexity index is 1560. The van der Waals surface area contributed by atoms with Crippen LogP contribution in [0.1, 0.15) is 53.5 Å². The van der Waals surface area contributed by atoms with E-state index in [1.807, 2.05) is 68.4 Å². The molecule has 0 radical (unpaired) electrons. The predicted octanol–water partition coefficient (Wildman–Crippen LogP) is 6.25. The molecule has 41 heavy (non-hydrogen) atoms. The molecule has 4 aromatic rings. The van der Waals surface area contributed by atoms with Gasteiger partial charge < -0.3 is 24.5 Å². The monoisotopic (exact) mass is 554 g/mol. The Morgan fingerprint density at radius 3 is 2.32 bits per heavy atom. The van der Waals surface area contributed by atoms with Crippen LogP contribution in [0.15, 0.2) is 65.1 Å². The molecule has 7 nitrogen and oxygen atoms in total. The Kier molecular flexibility index (Phi) is 8.29. The highest BCUT2D eigenvalue weighted by Gasteiger charge is 2.38. The fraction of sp³-hybridized carbons (Fsp3) is 0.353. The summed E-state index contributed by atoms with van der Waals surface area (Å²) in [5.41, 5.74) is 6.15. The Hall–Kier alpha value is -3.94. The van der Waals surface area contributed by atoms with Gasteiger partial charge in [-0.2, -0.15) is 0 Å². The smallest absolute Gasteiger partial charge is 0.251 e. The van der Waals surface area contributed by atoms with E-state index in [1.165, 1.54) is 0 Å². The van der Waals surface area contributed by atoms with Crippen molar-refractivity contribution in [1.82, 2.24) is 5.32 Å². The normalized spacial score (nSPS) is 14.1. The highest BCUT2D eigenvalue weighted by Crippen LogP contribution is 2.41. The Morgan fingerprint density at radius 2 is 1.71 bits per heavy atom. The van der Waals surface area contributed by atoms with Crippen LogP contribution in [0.25, 0.3) is 33.4 Å². The number of carbonyl (C=O) groups excluding carboxylic acids is 2. The van der Waals surface area contributed by atoms with Crippen molar-refractivity contribution in [3.63, 3.8) is 0 Å². The highest BCUT2D eigenvalue weighted by molar-refractivity contribution is 6.13. The number of ketones is 1. The lowest BCUT2D eigenvalue weighted by Crippen LogP contribution is -2.53. The molecule has 1 amide bonds. The lowest BCUT2D eigenvalue weighted by Gasteiger charge is -2.39. The van der Waals surface area contributed by atoms with Crippen LogP contribution in [0.5, 0.6) is 0 Å². The van der Waals surface area contributed by atoms with Crippen molar-refractivity contribution in [2.45, 2.75) is 34.1 Å². The number of amides is 1. The Labute approximate surface area is 241 Å². The minimum Gasteiger partial charge on any atom is -0.455 e. The first-order valence-corrected chi connectivity index (χ1v) is 14.4. The van der Waals surface area contributed by atoms with E-state index in [4.69, 9.17) is 9.15 Å². The van der Waals surface area contributed by atoms with Gasteiger partial charge in [0.25, 0.3) is 5.91 Å². The molecule has 3 aromatic carbocycles. The molecule has 0 unspecified atom stereocenters. The molecular formula is C34H38N2O5. The number of nitrogens with one attached hydrogen (secondary N) is 1. The fourth-order valence-electron chi connectivity index (χ4n) is 5.39. The fourth-order valence-corrected chi connectivity index (χ4v) is 5.39. The van der Waals surface area contributed by atoms with E-state index in [0.29, 0.717) is 48.6 Å². The number of hydrogen-bond acceptors (Lipinski definition) is 6. The highest BCUT2D eigenvalue weighted by atomic mass is 16.5. The van der Waals surface area contributed by atoms with Crippen LogP contribution in [-0.4, -0.2) is 56.3 Å². The maximum absolute atomic E-state index is 13.3. The van der Waals surface area contributed by atoms with E-state index >= 15 is 0 Å². The standard InChI is InChI=1S/C34H38N2O5/c1-5-29(38)31-27-16-26(24-9-8-10-25(15-24)33(39)35-18-34(19-37)20-40-21-34)28(36(6-2)7-3)17-30(27)41-32(31)23-13-11-22(4)12-14-23/h8-17,37H,5-7,18-21H2,1-4H3,(H,35,39). The SMILES string of the molecule is CCC(=O)c1c(-c2ccc(C)cc2)oc2cc(N(CC)CC)c(-c3cccc(C(=O)NCC4(CO)COC4)c3)cc12. The number of benzene rings is 3. The number of aliphatic hydroxyl groups excluding tert-OH is 1. The molecular weight excluding hydrogens is 516 g/mol. The molecule has 0 aliphatic carbocycles. The van der Waals surface area contributed by atoms with Gasteiger partial charge >= 0.3 is 0 Å². The third-order valence-corrected chi connectivity index (χ3v) is 8.04. The van der Waals surface area contributed by atoms with Crippen molar-refractivity contribution < 1.29 is 23.8 Å². The van der Waals surface area contributed by atoms with Crippen LogP contribution in [0.2, 0.25) is 0 Å². The number of Topliss-reactive ketones (excluding diaryl/α,β-unsaturated/α-hetero) is 1. The number of furan rings is 1. The van der Waals surface area contributed by atoms with Crippen molar-refractivity contribution in [3.8, 4) is 22.5 Å². The molecule has 1 aromatic heterocycles. The van der Waals surface area contributed by atoms with Gasteiger partial charge in [0.15, 0.2) is 5.78 Å². The number of aliphatic hydroxyl groups is 1. The molecule has 0 atom stereocenters. The predicted molar refractivity (Wildman–Crippen MR) is 163 cm³/mol. The summed E-state index contributed by atoms with van der Waals surface area (Å²) in [6.07, 6.45) is 0.358. The third kappa shape index (κ3) is 5.52. The molecule has 0 saturated carbocycles. The molecule has 1 saturated heterocycles. The number of rotatable bonds is 11. The van der Waals surface area contributed by atoms with Crippen LogP contribution < -0.4 is 10.2 Å². The van der Waals surface area contributed by atoms with Crippen LogP contribution >= 0.6 is 0 Å². The minimum absolute atomic E-state index is 0.0202. The molecule has 0 spiro atoms. The zero-order valence-electron chi connectivity index (χ0n) is 24.3. The largest absolute Gasteiger partial charge is 0.455 e. The quantitative estimate of drug-likeness (QED) is 0.213. The van der Waals surface area contributed by atoms with Gasteiger partial charge in [0.2, 0.25) is 0 Å². The number of fused-ring (bicyclic) bond motifs is 1. The van der Waals surface area contributed by atoms with Crippen LogP contribution in [0.3, 0.4) is 0 Å². The summed E-state index contributed by atoms with van der Waals surface area (Å²) in [4.78, 5) is 28.7. The zero-order valence-corrected chi connectivity index (χ0v) is 24.3. The summed E-state index contributed by atoms with van der Waals surface area (Å²) < 4.78 is 11.7. The summed E-state index contributed by atoms with van der Waals surface area (Å²) in [5, 5.41) is 13.5. The van der Waals surface area contributed by atoms with Crippen molar-refractivity contribution in [2.24, 2.45) is 5.41 Å². The summed E-state index contributed by atoms with van der Waals surface area (Å²) in [6.45, 7) is 10.9. The number of nitrogens with zero attached hydrogens (tertiary/aromatic N) is 1. The molecule has 5 rings (SSSR count). The van der Waals surface area contributed by atoms with Crippen molar-refractivity contribution >= 4 is 28.3 Å². The third-order valence-electron chi connectivity index (χ3n) is 8.04.